The molecule has 0 radical (unpaired) electrons. The third kappa shape index (κ3) is 40.0. The quantitative estimate of drug-likeness (QED) is 0.0154. The Labute approximate surface area is 344 Å². The number of ether oxygens (including phenoxy) is 2. The van der Waals surface area contributed by atoms with Gasteiger partial charge in [0.2, 0.25) is 0 Å². The van der Waals surface area contributed by atoms with Crippen molar-refractivity contribution in [2.45, 2.75) is 167 Å². The summed E-state index contributed by atoms with van der Waals surface area (Å²) in [5.41, 5.74) is 0. The molecule has 11 nitrogen and oxygen atoms in total. The van der Waals surface area contributed by atoms with Crippen molar-refractivity contribution in [2.75, 3.05) is 26.4 Å². The number of carbonyl (C=O) groups is 2. The number of unbranched alkanes of at least 4 members (excludes halogenated alkanes) is 10. The number of rotatable bonds is 38. The zero-order valence-corrected chi connectivity index (χ0v) is 36.2. The number of allylic oxidation sites excluding steroid dienone is 11. The van der Waals surface area contributed by atoms with Gasteiger partial charge >= 0.3 is 19.8 Å². The van der Waals surface area contributed by atoms with E-state index in [1.807, 2.05) is 12.2 Å². The van der Waals surface area contributed by atoms with E-state index in [9.17, 15) is 29.3 Å². The minimum Gasteiger partial charge on any atom is -0.462 e. The molecular formula is C45H77O11P. The van der Waals surface area contributed by atoms with E-state index in [-0.39, 0.29) is 19.3 Å². The lowest BCUT2D eigenvalue weighted by Gasteiger charge is -2.20. The number of esters is 2. The molecule has 0 aromatic carbocycles. The smallest absolute Gasteiger partial charge is 0.462 e. The van der Waals surface area contributed by atoms with Crippen LogP contribution in [0.3, 0.4) is 0 Å². The monoisotopic (exact) mass is 825 g/mol. The first kappa shape index (κ1) is 54.4. The first-order valence-electron chi connectivity index (χ1n) is 21.4. The Morgan fingerprint density at radius 1 is 0.614 bits per heavy atom. The second-order valence-electron chi connectivity index (χ2n) is 14.7. The maximum Gasteiger partial charge on any atom is 0.472 e. The van der Waals surface area contributed by atoms with E-state index in [1.54, 1.807) is 12.2 Å². The molecule has 4 N–H and O–H groups in total. The van der Waals surface area contributed by atoms with Crippen LogP contribution >= 0.6 is 7.82 Å². The third-order valence-electron chi connectivity index (χ3n) is 8.67. The summed E-state index contributed by atoms with van der Waals surface area (Å²) in [6, 6.07) is 0. The topological polar surface area (TPSA) is 169 Å². The van der Waals surface area contributed by atoms with Gasteiger partial charge in [-0.1, -0.05) is 164 Å². The van der Waals surface area contributed by atoms with Gasteiger partial charge in [0.1, 0.15) is 12.7 Å². The van der Waals surface area contributed by atoms with E-state index in [0.717, 1.165) is 57.3 Å². The van der Waals surface area contributed by atoms with Crippen molar-refractivity contribution >= 4 is 19.8 Å². The van der Waals surface area contributed by atoms with Crippen molar-refractivity contribution in [1.82, 2.24) is 0 Å². The fraction of sp³-hybridized carbons (Fsp3) is 0.689. The lowest BCUT2D eigenvalue weighted by Crippen LogP contribution is -2.30. The number of aliphatic hydroxyl groups is 3. The van der Waals surface area contributed by atoms with Crippen LogP contribution < -0.4 is 0 Å². The van der Waals surface area contributed by atoms with Crippen LogP contribution in [0.2, 0.25) is 0 Å². The fourth-order valence-electron chi connectivity index (χ4n) is 5.35. The van der Waals surface area contributed by atoms with Gasteiger partial charge in [0.25, 0.3) is 0 Å². The SMILES string of the molecule is CC/C=C\C/C=C\C/C=C\C/C=C\C/C=C\C=C/C(O)CCC(=O)OC[C@H](COP(=O)(O)OC[C@@H](O)CO)OC(=O)CCCCCCCCCCCCCC(C)C. The molecule has 0 aliphatic rings. The van der Waals surface area contributed by atoms with Crippen LogP contribution in [-0.2, 0) is 32.7 Å². The lowest BCUT2D eigenvalue weighted by molar-refractivity contribution is -0.161. The van der Waals surface area contributed by atoms with Crippen LogP contribution in [0.4, 0.5) is 0 Å². The molecule has 0 saturated heterocycles. The van der Waals surface area contributed by atoms with Crippen LogP contribution in [0.5, 0.6) is 0 Å². The van der Waals surface area contributed by atoms with Gasteiger partial charge in [-0.3, -0.25) is 18.6 Å². The van der Waals surface area contributed by atoms with E-state index >= 15 is 0 Å². The number of phosphoric acid groups is 1. The zero-order chi connectivity index (χ0) is 42.2. The van der Waals surface area contributed by atoms with Gasteiger partial charge in [0.05, 0.1) is 25.9 Å². The number of phosphoric ester groups is 1. The first-order chi connectivity index (χ1) is 27.5. The zero-order valence-electron chi connectivity index (χ0n) is 35.3. The van der Waals surface area contributed by atoms with E-state index in [0.29, 0.717) is 6.42 Å². The highest BCUT2D eigenvalue weighted by Crippen LogP contribution is 2.43. The highest BCUT2D eigenvalue weighted by Gasteiger charge is 2.27. The highest BCUT2D eigenvalue weighted by molar-refractivity contribution is 7.47. The van der Waals surface area contributed by atoms with Gasteiger partial charge in [-0.15, -0.1) is 0 Å². The van der Waals surface area contributed by atoms with Gasteiger partial charge in [-0.05, 0) is 50.9 Å². The molecule has 0 amide bonds. The van der Waals surface area contributed by atoms with Crippen LogP contribution in [-0.4, -0.2) is 76.9 Å². The van der Waals surface area contributed by atoms with Crippen molar-refractivity contribution in [3.8, 4) is 0 Å². The van der Waals surface area contributed by atoms with Crippen molar-refractivity contribution in [2.24, 2.45) is 5.92 Å². The Morgan fingerprint density at radius 3 is 1.67 bits per heavy atom. The molecule has 0 aliphatic heterocycles. The molecule has 0 bridgehead atoms. The third-order valence-corrected chi connectivity index (χ3v) is 9.62. The lowest BCUT2D eigenvalue weighted by atomic mass is 10.0. The predicted molar refractivity (Wildman–Crippen MR) is 229 cm³/mol. The summed E-state index contributed by atoms with van der Waals surface area (Å²) in [6.07, 6.45) is 39.2. The average Bonchev–Trinajstić information content (AvgIpc) is 3.18. The molecule has 0 rings (SSSR count). The van der Waals surface area contributed by atoms with Gasteiger partial charge < -0.3 is 29.7 Å². The molecule has 0 aromatic rings. The fourth-order valence-corrected chi connectivity index (χ4v) is 6.14. The summed E-state index contributed by atoms with van der Waals surface area (Å²) in [7, 11) is -4.67. The van der Waals surface area contributed by atoms with Crippen LogP contribution in [0.1, 0.15) is 149 Å². The molecule has 4 atom stereocenters. The molecule has 0 aliphatic carbocycles. The van der Waals surface area contributed by atoms with E-state index in [1.165, 1.54) is 51.4 Å². The summed E-state index contributed by atoms with van der Waals surface area (Å²) in [6.45, 7) is 4.28. The maximum absolute atomic E-state index is 12.6. The van der Waals surface area contributed by atoms with Crippen molar-refractivity contribution in [3.63, 3.8) is 0 Å². The molecule has 0 fully saturated rings. The molecule has 0 heterocycles. The Kier molecular flexibility index (Phi) is 37.1. The number of hydrogen-bond acceptors (Lipinski definition) is 10. The summed E-state index contributed by atoms with van der Waals surface area (Å²) in [5, 5.41) is 28.6. The second kappa shape index (κ2) is 38.9. The van der Waals surface area contributed by atoms with Crippen LogP contribution in [0.25, 0.3) is 0 Å². The van der Waals surface area contributed by atoms with Crippen molar-refractivity contribution in [3.05, 3.63) is 72.9 Å². The molecule has 0 spiro atoms. The largest absolute Gasteiger partial charge is 0.472 e. The van der Waals surface area contributed by atoms with E-state index in [2.05, 4.69) is 73.9 Å². The predicted octanol–water partition coefficient (Wildman–Crippen LogP) is 10.1. The Bertz CT molecular complexity index is 1210. The highest BCUT2D eigenvalue weighted by atomic mass is 31.2. The summed E-state index contributed by atoms with van der Waals surface area (Å²) in [5.74, 6) is -0.429. The van der Waals surface area contributed by atoms with E-state index in [4.69, 9.17) is 19.1 Å². The van der Waals surface area contributed by atoms with Crippen LogP contribution in [0, 0.1) is 5.92 Å². The Hall–Kier alpha value is -2.63. The molecule has 328 valence electrons. The van der Waals surface area contributed by atoms with Gasteiger partial charge in [-0.25, -0.2) is 4.57 Å². The standard InChI is InChI=1S/C45H77O11P/c1-4-5-6-7-8-9-10-11-12-13-14-17-20-23-26-29-32-41(47)34-35-44(49)53-38-43(39-55-57(51,52)54-37-42(48)36-46)56-45(50)33-30-27-24-21-18-15-16-19-22-25-28-31-40(2)3/h5-6,8-9,11-12,14,17,23,26,29,32,40-43,46-48H,4,7,10,13,15-16,18-22,24-25,27-28,30-31,33-39H2,1-3H3,(H,51,52)/b6-5-,9-8-,12-11-,17-14-,26-23-,32-29-/t41?,42-,43+/m0/s1. The Morgan fingerprint density at radius 2 is 1.12 bits per heavy atom. The molecule has 12 heteroatoms. The summed E-state index contributed by atoms with van der Waals surface area (Å²) in [4.78, 5) is 35.0. The van der Waals surface area contributed by atoms with Gasteiger partial charge in [-0.2, -0.15) is 0 Å². The molecule has 2 unspecified atom stereocenters. The summed E-state index contributed by atoms with van der Waals surface area (Å²) < 4.78 is 32.5. The van der Waals surface area contributed by atoms with Gasteiger partial charge in [0, 0.05) is 12.8 Å². The molecule has 57 heavy (non-hydrogen) atoms. The minimum absolute atomic E-state index is 0.103. The first-order valence-corrected chi connectivity index (χ1v) is 22.9. The average molecular weight is 825 g/mol. The maximum atomic E-state index is 12.6. The number of carbonyl (C=O) groups excluding carboxylic acids is 2. The van der Waals surface area contributed by atoms with E-state index < -0.39 is 64.5 Å². The second-order valence-corrected chi connectivity index (χ2v) is 16.1. The minimum atomic E-state index is -4.67. The van der Waals surface area contributed by atoms with Crippen molar-refractivity contribution in [1.29, 1.82) is 0 Å². The normalized spacial score (nSPS) is 15.2. The Balaban J connectivity index is 4.55. The van der Waals surface area contributed by atoms with Gasteiger partial charge in [0.15, 0.2) is 6.10 Å². The molecule has 0 saturated carbocycles. The van der Waals surface area contributed by atoms with Crippen LogP contribution in [0.15, 0.2) is 72.9 Å². The molecule has 0 aromatic heterocycles. The number of hydrogen-bond donors (Lipinski definition) is 4. The van der Waals surface area contributed by atoms with Crippen molar-refractivity contribution < 1.29 is 52.9 Å². The number of aliphatic hydroxyl groups excluding tert-OH is 3. The summed E-state index contributed by atoms with van der Waals surface area (Å²) >= 11 is 0. The molecular weight excluding hydrogens is 747 g/mol.